The van der Waals surface area contributed by atoms with Crippen molar-refractivity contribution in [3.63, 3.8) is 0 Å². The fourth-order valence-electron chi connectivity index (χ4n) is 2.37. The fraction of sp³-hybridized carbons (Fsp3) is 0.263. The molecule has 0 unspecified atom stereocenters. The Hall–Kier alpha value is -3.02. The largest absolute Gasteiger partial charge is 0.454 e. The van der Waals surface area contributed by atoms with Gasteiger partial charge in [-0.3, -0.25) is 9.59 Å². The van der Waals surface area contributed by atoms with Crippen LogP contribution in [0.4, 0.5) is 5.69 Å². The van der Waals surface area contributed by atoms with Crippen molar-refractivity contribution in [3.8, 4) is 11.5 Å². The van der Waals surface area contributed by atoms with Crippen molar-refractivity contribution >= 4 is 17.5 Å². The highest BCUT2D eigenvalue weighted by molar-refractivity contribution is 5.95. The zero-order chi connectivity index (χ0) is 17.8. The van der Waals surface area contributed by atoms with E-state index in [-0.39, 0.29) is 24.5 Å². The predicted molar refractivity (Wildman–Crippen MR) is 93.6 cm³/mol. The van der Waals surface area contributed by atoms with Crippen LogP contribution in [0.2, 0.25) is 0 Å². The average Bonchev–Trinajstić information content (AvgIpc) is 3.07. The van der Waals surface area contributed by atoms with E-state index in [1.54, 1.807) is 18.2 Å². The molecule has 0 aromatic heterocycles. The van der Waals surface area contributed by atoms with Gasteiger partial charge in [0.1, 0.15) is 0 Å². The molecule has 0 fully saturated rings. The van der Waals surface area contributed by atoms with Gasteiger partial charge in [-0.05, 0) is 35.9 Å². The molecule has 0 bridgehead atoms. The number of carbonyl (C=O) groups is 2. The summed E-state index contributed by atoms with van der Waals surface area (Å²) in [6.45, 7) is 4.21. The Labute approximate surface area is 146 Å². The van der Waals surface area contributed by atoms with Crippen LogP contribution in [-0.4, -0.2) is 18.6 Å². The zero-order valence-corrected chi connectivity index (χ0v) is 14.2. The molecular weight excluding hydrogens is 320 g/mol. The van der Waals surface area contributed by atoms with Crippen LogP contribution in [0.5, 0.6) is 11.5 Å². The summed E-state index contributed by atoms with van der Waals surface area (Å²) < 4.78 is 10.5. The van der Waals surface area contributed by atoms with Crippen LogP contribution < -0.4 is 20.1 Å². The molecular formula is C19H20N2O4. The lowest BCUT2D eigenvalue weighted by atomic mass is 10.1. The molecule has 0 saturated carbocycles. The number of anilines is 1. The topological polar surface area (TPSA) is 76.7 Å². The van der Waals surface area contributed by atoms with E-state index in [4.69, 9.17) is 9.47 Å². The maximum Gasteiger partial charge on any atom is 0.251 e. The lowest BCUT2D eigenvalue weighted by Gasteiger charge is -2.10. The van der Waals surface area contributed by atoms with Gasteiger partial charge < -0.3 is 20.1 Å². The molecule has 25 heavy (non-hydrogen) atoms. The summed E-state index contributed by atoms with van der Waals surface area (Å²) in [7, 11) is 0. The Kier molecular flexibility index (Phi) is 4.88. The van der Waals surface area contributed by atoms with Crippen LogP contribution in [0.1, 0.15) is 29.8 Å². The quantitative estimate of drug-likeness (QED) is 0.877. The van der Waals surface area contributed by atoms with Crippen molar-refractivity contribution in [2.75, 3.05) is 12.1 Å². The first-order valence-electron chi connectivity index (χ1n) is 8.10. The summed E-state index contributed by atoms with van der Waals surface area (Å²) in [5, 5.41) is 5.71. The second-order valence-electron chi connectivity index (χ2n) is 6.10. The van der Waals surface area contributed by atoms with Crippen LogP contribution >= 0.6 is 0 Å². The first kappa shape index (κ1) is 16.8. The molecule has 2 N–H and O–H groups in total. The summed E-state index contributed by atoms with van der Waals surface area (Å²) in [5.74, 6) is 0.891. The molecule has 130 valence electrons. The van der Waals surface area contributed by atoms with E-state index < -0.39 is 0 Å². The molecule has 0 aliphatic carbocycles. The SMILES string of the molecule is CC(C)C(=O)Nc1cccc(CNC(=O)c2ccc3c(c2)OCO3)c1. The molecule has 0 radical (unpaired) electrons. The van der Waals surface area contributed by atoms with Gasteiger partial charge in [-0.15, -0.1) is 0 Å². The number of ether oxygens (including phenoxy) is 2. The van der Waals surface area contributed by atoms with Crippen LogP contribution in [0.25, 0.3) is 0 Å². The number of rotatable bonds is 5. The van der Waals surface area contributed by atoms with E-state index in [1.807, 2.05) is 38.1 Å². The van der Waals surface area contributed by atoms with E-state index in [0.717, 1.165) is 5.56 Å². The van der Waals surface area contributed by atoms with Crippen LogP contribution in [0.15, 0.2) is 42.5 Å². The Morgan fingerprint density at radius 1 is 1.08 bits per heavy atom. The lowest BCUT2D eigenvalue weighted by molar-refractivity contribution is -0.118. The number of fused-ring (bicyclic) bond motifs is 1. The lowest BCUT2D eigenvalue weighted by Crippen LogP contribution is -2.23. The van der Waals surface area contributed by atoms with Crippen molar-refractivity contribution < 1.29 is 19.1 Å². The third kappa shape index (κ3) is 4.09. The first-order chi connectivity index (χ1) is 12.0. The highest BCUT2D eigenvalue weighted by Gasteiger charge is 2.16. The van der Waals surface area contributed by atoms with Gasteiger partial charge in [0.25, 0.3) is 5.91 Å². The molecule has 2 aromatic carbocycles. The van der Waals surface area contributed by atoms with Gasteiger partial charge in [-0.1, -0.05) is 26.0 Å². The van der Waals surface area contributed by atoms with Crippen molar-refractivity contribution in [2.24, 2.45) is 5.92 Å². The minimum absolute atomic E-state index is 0.0402. The smallest absolute Gasteiger partial charge is 0.251 e. The number of nitrogens with one attached hydrogen (secondary N) is 2. The van der Waals surface area contributed by atoms with Crippen LogP contribution in [0, 0.1) is 5.92 Å². The number of hydrogen-bond acceptors (Lipinski definition) is 4. The predicted octanol–water partition coefficient (Wildman–Crippen LogP) is 2.94. The molecule has 2 aromatic rings. The van der Waals surface area contributed by atoms with Crippen LogP contribution in [-0.2, 0) is 11.3 Å². The van der Waals surface area contributed by atoms with Gasteiger partial charge in [0.15, 0.2) is 11.5 Å². The van der Waals surface area contributed by atoms with Gasteiger partial charge in [0.05, 0.1) is 0 Å². The van der Waals surface area contributed by atoms with E-state index in [2.05, 4.69) is 10.6 Å². The molecule has 2 amide bonds. The van der Waals surface area contributed by atoms with E-state index >= 15 is 0 Å². The highest BCUT2D eigenvalue weighted by Crippen LogP contribution is 2.32. The number of benzene rings is 2. The standard InChI is InChI=1S/C19H20N2O4/c1-12(2)18(22)21-15-5-3-4-13(8-15)10-20-19(23)14-6-7-16-17(9-14)25-11-24-16/h3-9,12H,10-11H2,1-2H3,(H,20,23)(H,21,22). The summed E-state index contributed by atoms with van der Waals surface area (Å²) in [5.41, 5.74) is 2.12. The second-order valence-corrected chi connectivity index (χ2v) is 6.10. The second kappa shape index (κ2) is 7.25. The van der Waals surface area contributed by atoms with Gasteiger partial charge >= 0.3 is 0 Å². The molecule has 0 spiro atoms. The van der Waals surface area contributed by atoms with E-state index in [0.29, 0.717) is 29.3 Å². The summed E-state index contributed by atoms with van der Waals surface area (Å²) in [4.78, 5) is 24.1. The maximum atomic E-state index is 12.3. The summed E-state index contributed by atoms with van der Waals surface area (Å²) in [6, 6.07) is 12.5. The molecule has 3 rings (SSSR count). The Morgan fingerprint density at radius 3 is 2.68 bits per heavy atom. The number of amides is 2. The number of hydrogen-bond donors (Lipinski definition) is 2. The third-order valence-corrected chi connectivity index (χ3v) is 3.81. The average molecular weight is 340 g/mol. The van der Waals surface area contributed by atoms with Crippen molar-refractivity contribution in [3.05, 3.63) is 53.6 Å². The number of carbonyl (C=O) groups excluding carboxylic acids is 2. The van der Waals surface area contributed by atoms with Gasteiger partial charge in [-0.25, -0.2) is 0 Å². The van der Waals surface area contributed by atoms with Crippen LogP contribution in [0.3, 0.4) is 0 Å². The molecule has 6 heteroatoms. The summed E-state index contributed by atoms with van der Waals surface area (Å²) in [6.07, 6.45) is 0. The molecule has 0 atom stereocenters. The first-order valence-corrected chi connectivity index (χ1v) is 8.10. The Balaban J connectivity index is 1.61. The molecule has 0 saturated heterocycles. The van der Waals surface area contributed by atoms with Gasteiger partial charge in [0.2, 0.25) is 12.7 Å². The highest BCUT2D eigenvalue weighted by atomic mass is 16.7. The van der Waals surface area contributed by atoms with Crippen molar-refractivity contribution in [2.45, 2.75) is 20.4 Å². The van der Waals surface area contributed by atoms with Gasteiger partial charge in [-0.2, -0.15) is 0 Å². The zero-order valence-electron chi connectivity index (χ0n) is 14.2. The Morgan fingerprint density at radius 2 is 1.88 bits per heavy atom. The molecule has 6 nitrogen and oxygen atoms in total. The monoisotopic (exact) mass is 340 g/mol. The van der Waals surface area contributed by atoms with Gasteiger partial charge in [0, 0.05) is 23.7 Å². The molecule has 1 aliphatic rings. The maximum absolute atomic E-state index is 12.3. The van der Waals surface area contributed by atoms with E-state index in [1.165, 1.54) is 0 Å². The summed E-state index contributed by atoms with van der Waals surface area (Å²) >= 11 is 0. The third-order valence-electron chi connectivity index (χ3n) is 3.81. The molecule has 1 aliphatic heterocycles. The Bertz CT molecular complexity index is 802. The minimum atomic E-state index is -0.199. The van der Waals surface area contributed by atoms with Crippen molar-refractivity contribution in [1.82, 2.24) is 5.32 Å². The van der Waals surface area contributed by atoms with E-state index in [9.17, 15) is 9.59 Å². The van der Waals surface area contributed by atoms with Crippen molar-refractivity contribution in [1.29, 1.82) is 0 Å². The normalized spacial score (nSPS) is 12.1. The molecule has 1 heterocycles. The minimum Gasteiger partial charge on any atom is -0.454 e. The fourth-order valence-corrected chi connectivity index (χ4v) is 2.37.